The summed E-state index contributed by atoms with van der Waals surface area (Å²) in [6.45, 7) is 1.64. The van der Waals surface area contributed by atoms with Crippen LogP contribution in [0.4, 0.5) is 17.6 Å². The minimum atomic E-state index is -1.33. The summed E-state index contributed by atoms with van der Waals surface area (Å²) in [5.74, 6) is -5.88. The standard InChI is InChI=1S/C16H12F4O2/c1-3-8-22-12-7-5-10(14(18)16(12)20)9-4-6-11(21-2)15(19)13(9)17/h3-8H,1-2H3/b8-3+. The van der Waals surface area contributed by atoms with E-state index in [0.717, 1.165) is 24.3 Å². The van der Waals surface area contributed by atoms with Crippen molar-refractivity contribution in [2.24, 2.45) is 0 Å². The van der Waals surface area contributed by atoms with Crippen molar-refractivity contribution in [2.75, 3.05) is 7.11 Å². The molecule has 0 saturated carbocycles. The third-order valence-corrected chi connectivity index (χ3v) is 2.93. The first-order valence-corrected chi connectivity index (χ1v) is 6.29. The van der Waals surface area contributed by atoms with Gasteiger partial charge in [0.1, 0.15) is 0 Å². The lowest BCUT2D eigenvalue weighted by Gasteiger charge is -2.10. The van der Waals surface area contributed by atoms with Crippen molar-refractivity contribution in [1.82, 2.24) is 0 Å². The summed E-state index contributed by atoms with van der Waals surface area (Å²) < 4.78 is 65.1. The van der Waals surface area contributed by atoms with Crippen LogP contribution in [0.2, 0.25) is 0 Å². The Hall–Kier alpha value is -2.50. The van der Waals surface area contributed by atoms with E-state index in [1.807, 2.05) is 0 Å². The van der Waals surface area contributed by atoms with Crippen LogP contribution in [0.1, 0.15) is 6.92 Å². The number of benzene rings is 2. The number of rotatable bonds is 4. The molecule has 116 valence electrons. The molecule has 0 atom stereocenters. The van der Waals surface area contributed by atoms with Gasteiger partial charge >= 0.3 is 0 Å². The molecular formula is C16H12F4O2. The van der Waals surface area contributed by atoms with Gasteiger partial charge in [-0.3, -0.25) is 0 Å². The molecule has 0 N–H and O–H groups in total. The number of allylic oxidation sites excluding steroid dienone is 1. The molecule has 6 heteroatoms. The number of halogens is 4. The van der Waals surface area contributed by atoms with Crippen molar-refractivity contribution < 1.29 is 27.0 Å². The van der Waals surface area contributed by atoms with Crippen LogP contribution in [-0.2, 0) is 0 Å². The molecule has 22 heavy (non-hydrogen) atoms. The van der Waals surface area contributed by atoms with Crippen LogP contribution in [0.25, 0.3) is 11.1 Å². The van der Waals surface area contributed by atoms with E-state index in [-0.39, 0.29) is 11.5 Å². The Morgan fingerprint density at radius 3 is 1.77 bits per heavy atom. The highest BCUT2D eigenvalue weighted by molar-refractivity contribution is 5.67. The Morgan fingerprint density at radius 1 is 0.773 bits per heavy atom. The first-order valence-electron chi connectivity index (χ1n) is 6.29. The second kappa shape index (κ2) is 6.51. The highest BCUT2D eigenvalue weighted by atomic mass is 19.2. The fraction of sp³-hybridized carbons (Fsp3) is 0.125. The van der Waals surface area contributed by atoms with Crippen LogP contribution in [0.3, 0.4) is 0 Å². The number of ether oxygens (including phenoxy) is 2. The Morgan fingerprint density at radius 2 is 1.27 bits per heavy atom. The molecule has 0 unspecified atom stereocenters. The Balaban J connectivity index is 2.55. The summed E-state index contributed by atoms with van der Waals surface area (Å²) >= 11 is 0. The summed E-state index contributed by atoms with van der Waals surface area (Å²) in [5.41, 5.74) is -0.823. The summed E-state index contributed by atoms with van der Waals surface area (Å²) in [5, 5.41) is 0. The third kappa shape index (κ3) is 2.77. The van der Waals surface area contributed by atoms with Crippen molar-refractivity contribution in [3.63, 3.8) is 0 Å². The van der Waals surface area contributed by atoms with Crippen LogP contribution < -0.4 is 9.47 Å². The molecule has 2 aromatic carbocycles. The predicted octanol–water partition coefficient (Wildman–Crippen LogP) is 4.83. The van der Waals surface area contributed by atoms with Crippen LogP contribution in [-0.4, -0.2) is 7.11 Å². The molecule has 0 aliphatic heterocycles. The molecule has 0 saturated heterocycles. The van der Waals surface area contributed by atoms with Crippen LogP contribution in [0.15, 0.2) is 36.6 Å². The van der Waals surface area contributed by atoms with Gasteiger partial charge in [-0.05, 0) is 31.2 Å². The van der Waals surface area contributed by atoms with Crippen molar-refractivity contribution in [2.45, 2.75) is 6.92 Å². The van der Waals surface area contributed by atoms with Gasteiger partial charge in [0.05, 0.1) is 13.4 Å². The van der Waals surface area contributed by atoms with E-state index in [9.17, 15) is 17.6 Å². The van der Waals surface area contributed by atoms with E-state index < -0.39 is 34.4 Å². The molecule has 2 nitrogen and oxygen atoms in total. The van der Waals surface area contributed by atoms with E-state index in [0.29, 0.717) is 0 Å². The number of hydrogen-bond donors (Lipinski definition) is 0. The second-order valence-corrected chi connectivity index (χ2v) is 4.27. The lowest BCUT2D eigenvalue weighted by Crippen LogP contribution is -1.99. The minimum Gasteiger partial charge on any atom is -0.494 e. The van der Waals surface area contributed by atoms with Gasteiger partial charge in [-0.15, -0.1) is 0 Å². The van der Waals surface area contributed by atoms with Crippen LogP contribution >= 0.6 is 0 Å². The maximum absolute atomic E-state index is 14.1. The second-order valence-electron chi connectivity index (χ2n) is 4.27. The highest BCUT2D eigenvalue weighted by Gasteiger charge is 2.21. The smallest absolute Gasteiger partial charge is 0.201 e. The molecule has 0 radical (unpaired) electrons. The third-order valence-electron chi connectivity index (χ3n) is 2.93. The molecule has 0 heterocycles. The average Bonchev–Trinajstić information content (AvgIpc) is 2.52. The van der Waals surface area contributed by atoms with E-state index in [2.05, 4.69) is 4.74 Å². The van der Waals surface area contributed by atoms with Crippen LogP contribution in [0, 0.1) is 23.3 Å². The molecule has 2 aromatic rings. The van der Waals surface area contributed by atoms with Gasteiger partial charge in [0.25, 0.3) is 0 Å². The zero-order valence-corrected chi connectivity index (χ0v) is 11.8. The molecule has 0 spiro atoms. The normalized spacial score (nSPS) is 11.0. The fourth-order valence-electron chi connectivity index (χ4n) is 1.87. The Kier molecular flexibility index (Phi) is 4.70. The van der Waals surface area contributed by atoms with Crippen molar-refractivity contribution >= 4 is 0 Å². The molecule has 0 aliphatic carbocycles. The highest BCUT2D eigenvalue weighted by Crippen LogP contribution is 2.34. The quantitative estimate of drug-likeness (QED) is 0.594. The fourth-order valence-corrected chi connectivity index (χ4v) is 1.87. The Labute approximate surface area is 124 Å². The first kappa shape index (κ1) is 15.9. The Bertz CT molecular complexity index is 727. The first-order chi connectivity index (χ1) is 10.5. The maximum atomic E-state index is 14.1. The molecule has 0 fully saturated rings. The van der Waals surface area contributed by atoms with Gasteiger partial charge < -0.3 is 9.47 Å². The SMILES string of the molecule is C/C=C/Oc1ccc(-c2ccc(OC)c(F)c2F)c(F)c1F. The molecule has 0 bridgehead atoms. The van der Waals surface area contributed by atoms with E-state index >= 15 is 0 Å². The van der Waals surface area contributed by atoms with E-state index in [4.69, 9.17) is 4.74 Å². The van der Waals surface area contributed by atoms with Crippen molar-refractivity contribution in [1.29, 1.82) is 0 Å². The topological polar surface area (TPSA) is 18.5 Å². The van der Waals surface area contributed by atoms with Gasteiger partial charge in [0.2, 0.25) is 11.6 Å². The minimum absolute atomic E-state index is 0.324. The number of methoxy groups -OCH3 is 1. The summed E-state index contributed by atoms with van der Waals surface area (Å²) in [7, 11) is 1.17. The maximum Gasteiger partial charge on any atom is 0.201 e. The van der Waals surface area contributed by atoms with E-state index in [1.54, 1.807) is 6.92 Å². The average molecular weight is 312 g/mol. The summed E-state index contributed by atoms with van der Waals surface area (Å²) in [6, 6.07) is 4.49. The lowest BCUT2D eigenvalue weighted by atomic mass is 10.0. The van der Waals surface area contributed by atoms with Gasteiger partial charge in [-0.2, -0.15) is 8.78 Å². The molecular weight excluding hydrogens is 300 g/mol. The largest absolute Gasteiger partial charge is 0.494 e. The number of hydrogen-bond acceptors (Lipinski definition) is 2. The summed E-state index contributed by atoms with van der Waals surface area (Å²) in [6.07, 6.45) is 2.66. The summed E-state index contributed by atoms with van der Waals surface area (Å²) in [4.78, 5) is 0. The van der Waals surface area contributed by atoms with Crippen molar-refractivity contribution in [3.05, 3.63) is 59.9 Å². The molecule has 0 aromatic heterocycles. The predicted molar refractivity (Wildman–Crippen MR) is 73.7 cm³/mol. The molecule has 0 aliphatic rings. The van der Waals surface area contributed by atoms with Crippen molar-refractivity contribution in [3.8, 4) is 22.6 Å². The van der Waals surface area contributed by atoms with Gasteiger partial charge in [0.15, 0.2) is 23.1 Å². The monoisotopic (exact) mass is 312 g/mol. The zero-order valence-electron chi connectivity index (χ0n) is 11.8. The van der Waals surface area contributed by atoms with Gasteiger partial charge in [-0.1, -0.05) is 6.08 Å². The molecule has 2 rings (SSSR count). The van der Waals surface area contributed by atoms with Gasteiger partial charge in [-0.25, -0.2) is 8.78 Å². The lowest BCUT2D eigenvalue weighted by molar-refractivity contribution is 0.372. The molecule has 0 amide bonds. The van der Waals surface area contributed by atoms with Crippen LogP contribution in [0.5, 0.6) is 11.5 Å². The zero-order chi connectivity index (χ0) is 16.3. The van der Waals surface area contributed by atoms with Gasteiger partial charge in [0, 0.05) is 11.1 Å². The van der Waals surface area contributed by atoms with E-state index in [1.165, 1.54) is 19.4 Å².